The first-order chi connectivity index (χ1) is 8.13. The highest BCUT2D eigenvalue weighted by Gasteiger charge is 2.22. The van der Waals surface area contributed by atoms with Crippen molar-refractivity contribution < 1.29 is 9.72 Å². The molecule has 0 aliphatic rings. The number of halogens is 1. The average Bonchev–Trinajstić information content (AvgIpc) is 2.71. The normalized spacial score (nSPS) is 10.2. The molecule has 0 aliphatic carbocycles. The summed E-state index contributed by atoms with van der Waals surface area (Å²) < 4.78 is 1.05. The van der Waals surface area contributed by atoms with Crippen LogP contribution in [0.2, 0.25) is 5.28 Å². The fourth-order valence-electron chi connectivity index (χ4n) is 1.29. The van der Waals surface area contributed by atoms with Crippen LogP contribution in [0, 0.1) is 10.1 Å². The molecule has 0 spiro atoms. The van der Waals surface area contributed by atoms with E-state index in [-0.39, 0.29) is 5.28 Å². The Morgan fingerprint density at radius 3 is 2.71 bits per heavy atom. The molecule has 7 nitrogen and oxygen atoms in total. The van der Waals surface area contributed by atoms with Crippen molar-refractivity contribution in [1.29, 1.82) is 0 Å². The lowest BCUT2D eigenvalue weighted by Crippen LogP contribution is -2.01. The molecule has 1 aromatic heterocycles. The SMILES string of the molecule is O=Cc1ccccc1-n1nc([N+](=O)[O-])nc1Cl. The van der Waals surface area contributed by atoms with Crippen molar-refractivity contribution in [2.24, 2.45) is 0 Å². The molecule has 0 radical (unpaired) electrons. The van der Waals surface area contributed by atoms with Gasteiger partial charge < -0.3 is 10.1 Å². The van der Waals surface area contributed by atoms with Gasteiger partial charge in [-0.1, -0.05) is 12.1 Å². The van der Waals surface area contributed by atoms with Gasteiger partial charge in [-0.15, -0.1) is 4.68 Å². The molecule has 0 amide bonds. The van der Waals surface area contributed by atoms with E-state index in [1.807, 2.05) is 0 Å². The summed E-state index contributed by atoms with van der Waals surface area (Å²) in [4.78, 5) is 24.0. The molecule has 2 aromatic rings. The number of hydrogen-bond acceptors (Lipinski definition) is 5. The van der Waals surface area contributed by atoms with Crippen LogP contribution in [0.1, 0.15) is 10.4 Å². The van der Waals surface area contributed by atoms with E-state index in [1.165, 1.54) is 0 Å². The summed E-state index contributed by atoms with van der Waals surface area (Å²) in [7, 11) is 0. The quantitative estimate of drug-likeness (QED) is 0.470. The van der Waals surface area contributed by atoms with Crippen LogP contribution < -0.4 is 0 Å². The van der Waals surface area contributed by atoms with Crippen LogP contribution in [0.15, 0.2) is 24.3 Å². The molecule has 8 heteroatoms. The minimum Gasteiger partial charge on any atom is -0.390 e. The van der Waals surface area contributed by atoms with Crippen LogP contribution in [-0.4, -0.2) is 26.0 Å². The van der Waals surface area contributed by atoms with Gasteiger partial charge in [0.2, 0.25) is 0 Å². The van der Waals surface area contributed by atoms with E-state index in [0.717, 1.165) is 4.68 Å². The number of carbonyl (C=O) groups excluding carboxylic acids is 1. The summed E-state index contributed by atoms with van der Waals surface area (Å²) >= 11 is 5.72. The summed E-state index contributed by atoms with van der Waals surface area (Å²) in [6, 6.07) is 6.43. The number of benzene rings is 1. The lowest BCUT2D eigenvalue weighted by Gasteiger charge is -1.99. The number of aldehydes is 1. The van der Waals surface area contributed by atoms with E-state index in [0.29, 0.717) is 17.5 Å². The number of rotatable bonds is 3. The van der Waals surface area contributed by atoms with Crippen molar-refractivity contribution >= 4 is 23.8 Å². The van der Waals surface area contributed by atoms with E-state index >= 15 is 0 Å². The fourth-order valence-corrected chi connectivity index (χ4v) is 1.50. The van der Waals surface area contributed by atoms with E-state index in [4.69, 9.17) is 11.6 Å². The van der Waals surface area contributed by atoms with Gasteiger partial charge in [-0.05, 0) is 33.6 Å². The van der Waals surface area contributed by atoms with Gasteiger partial charge in [0.15, 0.2) is 6.29 Å². The highest BCUT2D eigenvalue weighted by atomic mass is 35.5. The van der Waals surface area contributed by atoms with Gasteiger partial charge in [-0.2, -0.15) is 0 Å². The van der Waals surface area contributed by atoms with Gasteiger partial charge in [0, 0.05) is 10.7 Å². The Balaban J connectivity index is 2.60. The molecule has 86 valence electrons. The van der Waals surface area contributed by atoms with Gasteiger partial charge in [0.05, 0.1) is 5.69 Å². The summed E-state index contributed by atoms with van der Waals surface area (Å²) in [5, 5.41) is 13.9. The van der Waals surface area contributed by atoms with Gasteiger partial charge in [0.1, 0.15) is 0 Å². The van der Waals surface area contributed by atoms with Crippen molar-refractivity contribution in [2.45, 2.75) is 0 Å². The Kier molecular flexibility index (Phi) is 2.84. The second kappa shape index (κ2) is 4.30. The molecule has 2 rings (SSSR count). The average molecular weight is 253 g/mol. The van der Waals surface area contributed by atoms with Crippen LogP contribution >= 0.6 is 11.6 Å². The lowest BCUT2D eigenvalue weighted by molar-refractivity contribution is -0.394. The highest BCUT2D eigenvalue weighted by Crippen LogP contribution is 2.19. The van der Waals surface area contributed by atoms with Crippen LogP contribution in [0.25, 0.3) is 5.69 Å². The van der Waals surface area contributed by atoms with E-state index < -0.39 is 10.9 Å². The highest BCUT2D eigenvalue weighted by molar-refractivity contribution is 6.28. The topological polar surface area (TPSA) is 90.9 Å². The van der Waals surface area contributed by atoms with Gasteiger partial charge in [-0.25, -0.2) is 0 Å². The number of para-hydroxylation sites is 1. The van der Waals surface area contributed by atoms with Crippen molar-refractivity contribution in [3.63, 3.8) is 0 Å². The van der Waals surface area contributed by atoms with Crippen molar-refractivity contribution in [1.82, 2.24) is 14.8 Å². The third-order valence-electron chi connectivity index (χ3n) is 2.01. The maximum Gasteiger partial charge on any atom is 0.492 e. The molecular formula is C9H5ClN4O3. The molecule has 1 heterocycles. The second-order valence-corrected chi connectivity index (χ2v) is 3.36. The molecular weight excluding hydrogens is 248 g/mol. The Morgan fingerprint density at radius 2 is 2.12 bits per heavy atom. The third kappa shape index (κ3) is 2.00. The van der Waals surface area contributed by atoms with Gasteiger partial charge in [0.25, 0.3) is 0 Å². The summed E-state index contributed by atoms with van der Waals surface area (Å²) in [5.41, 5.74) is 0.655. The Morgan fingerprint density at radius 1 is 1.41 bits per heavy atom. The summed E-state index contributed by atoms with van der Waals surface area (Å²) in [6.45, 7) is 0. The molecule has 0 N–H and O–H groups in total. The molecule has 0 fully saturated rings. The summed E-state index contributed by atoms with van der Waals surface area (Å²) in [5.74, 6) is -0.615. The molecule has 0 saturated heterocycles. The van der Waals surface area contributed by atoms with Gasteiger partial charge >= 0.3 is 11.2 Å². The van der Waals surface area contributed by atoms with Crippen molar-refractivity contribution in [2.75, 3.05) is 0 Å². The Labute approximate surface area is 99.8 Å². The Bertz CT molecular complexity index is 596. The minimum absolute atomic E-state index is 0.175. The van der Waals surface area contributed by atoms with E-state index in [9.17, 15) is 14.9 Å². The van der Waals surface area contributed by atoms with E-state index in [1.54, 1.807) is 24.3 Å². The largest absolute Gasteiger partial charge is 0.492 e. The number of carbonyl (C=O) groups is 1. The summed E-state index contributed by atoms with van der Waals surface area (Å²) in [6.07, 6.45) is 0.610. The first-order valence-electron chi connectivity index (χ1n) is 4.45. The zero-order valence-electron chi connectivity index (χ0n) is 8.28. The lowest BCUT2D eigenvalue weighted by atomic mass is 10.2. The smallest absolute Gasteiger partial charge is 0.390 e. The van der Waals surface area contributed by atoms with Crippen LogP contribution in [0.4, 0.5) is 5.95 Å². The predicted octanol–water partition coefficient (Wildman–Crippen LogP) is 1.64. The zero-order chi connectivity index (χ0) is 12.4. The Hall–Kier alpha value is -2.28. The number of hydrogen-bond donors (Lipinski definition) is 0. The van der Waals surface area contributed by atoms with Crippen molar-refractivity contribution in [3.05, 3.63) is 45.2 Å². The van der Waals surface area contributed by atoms with Gasteiger partial charge in [-0.3, -0.25) is 4.79 Å². The number of aromatic nitrogens is 3. The number of nitro groups is 1. The second-order valence-electron chi connectivity index (χ2n) is 3.03. The molecule has 0 atom stereocenters. The first kappa shape index (κ1) is 11.2. The van der Waals surface area contributed by atoms with E-state index in [2.05, 4.69) is 10.1 Å². The molecule has 0 aliphatic heterocycles. The molecule has 0 saturated carbocycles. The first-order valence-corrected chi connectivity index (χ1v) is 4.83. The monoisotopic (exact) mass is 252 g/mol. The maximum absolute atomic E-state index is 10.8. The van der Waals surface area contributed by atoms with Crippen molar-refractivity contribution in [3.8, 4) is 5.69 Å². The fraction of sp³-hybridized carbons (Fsp3) is 0. The van der Waals surface area contributed by atoms with Crippen LogP contribution in [-0.2, 0) is 0 Å². The predicted molar refractivity (Wildman–Crippen MR) is 58.4 cm³/mol. The minimum atomic E-state index is -0.758. The molecule has 0 unspecified atom stereocenters. The van der Waals surface area contributed by atoms with Crippen LogP contribution in [0.3, 0.4) is 0 Å². The van der Waals surface area contributed by atoms with Crippen LogP contribution in [0.5, 0.6) is 0 Å². The maximum atomic E-state index is 10.8. The molecule has 0 bridgehead atoms. The molecule has 17 heavy (non-hydrogen) atoms. The standard InChI is InChI=1S/C9H5ClN4O3/c10-8-11-9(14(16)17)12-13(8)7-4-2-1-3-6(7)5-15/h1-5H. The number of nitrogens with zero attached hydrogens (tertiary/aromatic N) is 4. The zero-order valence-corrected chi connectivity index (χ0v) is 9.03. The molecule has 1 aromatic carbocycles. The third-order valence-corrected chi connectivity index (χ3v) is 2.26.